The summed E-state index contributed by atoms with van der Waals surface area (Å²) in [6, 6.07) is 1.72. The molecule has 5 nitrogen and oxygen atoms in total. The van der Waals surface area contributed by atoms with Crippen LogP contribution in [0.4, 0.5) is 0 Å². The third-order valence-corrected chi connectivity index (χ3v) is 3.51. The summed E-state index contributed by atoms with van der Waals surface area (Å²) < 4.78 is 5.19. The van der Waals surface area contributed by atoms with Gasteiger partial charge < -0.3 is 14.7 Å². The first kappa shape index (κ1) is 15.5. The largest absolute Gasteiger partial charge is 0.384 e. The summed E-state index contributed by atoms with van der Waals surface area (Å²) in [6.45, 7) is 1.97. The van der Waals surface area contributed by atoms with Crippen LogP contribution >= 0.6 is 0 Å². The fourth-order valence-electron chi connectivity index (χ4n) is 2.57. The number of carbonyl (C=O) groups excluding carboxylic acids is 1. The zero-order chi connectivity index (χ0) is 15.1. The lowest BCUT2D eigenvalue weighted by atomic mass is 9.98. The van der Waals surface area contributed by atoms with E-state index in [-0.39, 0.29) is 12.5 Å². The van der Waals surface area contributed by atoms with Gasteiger partial charge in [0.1, 0.15) is 6.61 Å². The zero-order valence-electron chi connectivity index (χ0n) is 12.2. The van der Waals surface area contributed by atoms with E-state index in [0.717, 1.165) is 25.9 Å². The minimum absolute atomic E-state index is 0.0176. The average Bonchev–Trinajstić information content (AvgIpc) is 2.53. The number of methoxy groups -OCH3 is 1. The Balaban J connectivity index is 2.08. The summed E-state index contributed by atoms with van der Waals surface area (Å²) >= 11 is 0. The Kier molecular flexibility index (Phi) is 5.73. The number of aliphatic hydroxyl groups excluding tert-OH is 1. The van der Waals surface area contributed by atoms with Crippen LogP contribution in [0.2, 0.25) is 0 Å². The van der Waals surface area contributed by atoms with Gasteiger partial charge in [-0.2, -0.15) is 0 Å². The Morgan fingerprint density at radius 2 is 2.43 bits per heavy atom. The topological polar surface area (TPSA) is 62.7 Å². The Labute approximate surface area is 124 Å². The molecule has 1 aromatic heterocycles. The van der Waals surface area contributed by atoms with E-state index in [2.05, 4.69) is 16.8 Å². The molecule has 1 saturated heterocycles. The van der Waals surface area contributed by atoms with Crippen molar-refractivity contribution in [3.05, 3.63) is 29.6 Å². The van der Waals surface area contributed by atoms with Crippen molar-refractivity contribution < 1.29 is 14.6 Å². The molecule has 1 amide bonds. The lowest BCUT2D eigenvalue weighted by Gasteiger charge is -2.32. The minimum atomic E-state index is -0.205. The van der Waals surface area contributed by atoms with Gasteiger partial charge in [0, 0.05) is 38.2 Å². The molecule has 0 radical (unpaired) electrons. The van der Waals surface area contributed by atoms with Gasteiger partial charge in [-0.25, -0.2) is 0 Å². The predicted octanol–water partition coefficient (Wildman–Crippen LogP) is 0.924. The first-order chi connectivity index (χ1) is 10.2. The number of likely N-dealkylation sites (tertiary alicyclic amines) is 1. The molecule has 1 fully saturated rings. The van der Waals surface area contributed by atoms with Gasteiger partial charge in [0.25, 0.3) is 5.91 Å². The highest BCUT2D eigenvalue weighted by molar-refractivity contribution is 5.94. The van der Waals surface area contributed by atoms with Gasteiger partial charge in [-0.15, -0.1) is 0 Å². The second kappa shape index (κ2) is 7.77. The molecule has 2 heterocycles. The van der Waals surface area contributed by atoms with Crippen LogP contribution in [0.3, 0.4) is 0 Å². The SMILES string of the molecule is COCC1CCCN(C(=O)c2cncc(C#CCO)c2)C1. The van der Waals surface area contributed by atoms with Gasteiger partial charge in [-0.05, 0) is 24.8 Å². The number of aliphatic hydroxyl groups is 1. The van der Waals surface area contributed by atoms with Crippen molar-refractivity contribution in [3.63, 3.8) is 0 Å². The molecule has 0 bridgehead atoms. The summed E-state index contributed by atoms with van der Waals surface area (Å²) in [6.07, 6.45) is 5.24. The number of aromatic nitrogens is 1. The molecule has 0 aromatic carbocycles. The highest BCUT2D eigenvalue weighted by Gasteiger charge is 2.24. The lowest BCUT2D eigenvalue weighted by Crippen LogP contribution is -2.41. The molecule has 1 aliphatic heterocycles. The van der Waals surface area contributed by atoms with Gasteiger partial charge in [0.05, 0.1) is 12.2 Å². The molecule has 21 heavy (non-hydrogen) atoms. The maximum absolute atomic E-state index is 12.5. The quantitative estimate of drug-likeness (QED) is 0.840. The smallest absolute Gasteiger partial charge is 0.255 e. The first-order valence-electron chi connectivity index (χ1n) is 7.07. The Morgan fingerprint density at radius 3 is 3.19 bits per heavy atom. The monoisotopic (exact) mass is 288 g/mol. The van der Waals surface area contributed by atoms with E-state index in [9.17, 15) is 4.79 Å². The highest BCUT2D eigenvalue weighted by atomic mass is 16.5. The number of nitrogens with zero attached hydrogens (tertiary/aromatic N) is 2. The van der Waals surface area contributed by atoms with E-state index in [1.165, 1.54) is 0 Å². The molecule has 1 N–H and O–H groups in total. The number of ether oxygens (including phenoxy) is 1. The van der Waals surface area contributed by atoms with Crippen LogP contribution in [0, 0.1) is 17.8 Å². The van der Waals surface area contributed by atoms with Crippen molar-refractivity contribution in [2.75, 3.05) is 33.4 Å². The van der Waals surface area contributed by atoms with Crippen molar-refractivity contribution in [1.29, 1.82) is 0 Å². The minimum Gasteiger partial charge on any atom is -0.384 e. The average molecular weight is 288 g/mol. The summed E-state index contributed by atoms with van der Waals surface area (Å²) in [5, 5.41) is 8.71. The number of pyridine rings is 1. The Bertz CT molecular complexity index is 546. The van der Waals surface area contributed by atoms with Crippen molar-refractivity contribution in [2.24, 2.45) is 5.92 Å². The second-order valence-electron chi connectivity index (χ2n) is 5.14. The third kappa shape index (κ3) is 4.28. The van der Waals surface area contributed by atoms with E-state index in [4.69, 9.17) is 9.84 Å². The number of piperidine rings is 1. The molecule has 112 valence electrons. The van der Waals surface area contributed by atoms with Gasteiger partial charge in [-0.1, -0.05) is 11.8 Å². The van der Waals surface area contributed by atoms with Crippen LogP contribution in [0.1, 0.15) is 28.8 Å². The summed E-state index contributed by atoms with van der Waals surface area (Å²) in [7, 11) is 1.69. The molecule has 1 unspecified atom stereocenters. The molecule has 0 saturated carbocycles. The standard InChI is InChI=1S/C16H20N2O3/c1-21-12-14-4-2-6-18(11-14)16(20)15-8-13(5-3-7-19)9-17-10-15/h8-10,14,19H,2,4,6-7,11-12H2,1H3. The zero-order valence-corrected chi connectivity index (χ0v) is 12.2. The van der Waals surface area contributed by atoms with Gasteiger partial charge >= 0.3 is 0 Å². The lowest BCUT2D eigenvalue weighted by molar-refractivity contribution is 0.0570. The first-order valence-corrected chi connectivity index (χ1v) is 7.07. The number of hydrogen-bond acceptors (Lipinski definition) is 4. The Hall–Kier alpha value is -1.90. The maximum Gasteiger partial charge on any atom is 0.255 e. The van der Waals surface area contributed by atoms with E-state index >= 15 is 0 Å². The van der Waals surface area contributed by atoms with Crippen molar-refractivity contribution in [2.45, 2.75) is 12.8 Å². The molecular formula is C16H20N2O3. The van der Waals surface area contributed by atoms with E-state index in [1.54, 1.807) is 25.6 Å². The van der Waals surface area contributed by atoms with Crippen LogP contribution in [-0.2, 0) is 4.74 Å². The molecule has 0 spiro atoms. The fraction of sp³-hybridized carbons (Fsp3) is 0.500. The molecule has 2 rings (SSSR count). The predicted molar refractivity (Wildman–Crippen MR) is 78.7 cm³/mol. The van der Waals surface area contributed by atoms with Gasteiger partial charge in [0.15, 0.2) is 0 Å². The summed E-state index contributed by atoms with van der Waals surface area (Å²) in [5.41, 5.74) is 1.18. The summed E-state index contributed by atoms with van der Waals surface area (Å²) in [4.78, 5) is 18.4. The van der Waals surface area contributed by atoms with Crippen molar-refractivity contribution in [1.82, 2.24) is 9.88 Å². The van der Waals surface area contributed by atoms with Crippen molar-refractivity contribution >= 4 is 5.91 Å². The van der Waals surface area contributed by atoms with Gasteiger partial charge in [-0.3, -0.25) is 9.78 Å². The van der Waals surface area contributed by atoms with Crippen LogP contribution in [0.25, 0.3) is 0 Å². The molecule has 5 heteroatoms. The number of hydrogen-bond donors (Lipinski definition) is 1. The van der Waals surface area contributed by atoms with E-state index < -0.39 is 0 Å². The molecular weight excluding hydrogens is 268 g/mol. The van der Waals surface area contributed by atoms with Crippen LogP contribution in [0.15, 0.2) is 18.5 Å². The number of carbonyl (C=O) groups is 1. The maximum atomic E-state index is 12.5. The van der Waals surface area contributed by atoms with E-state index in [0.29, 0.717) is 23.7 Å². The normalized spacial score (nSPS) is 18.0. The molecule has 1 aromatic rings. The van der Waals surface area contributed by atoms with Crippen LogP contribution < -0.4 is 0 Å². The van der Waals surface area contributed by atoms with E-state index in [1.807, 2.05) is 4.90 Å². The number of rotatable bonds is 3. The number of amides is 1. The van der Waals surface area contributed by atoms with Crippen LogP contribution in [-0.4, -0.2) is 54.3 Å². The molecule has 1 atom stereocenters. The fourth-order valence-corrected chi connectivity index (χ4v) is 2.57. The Morgan fingerprint density at radius 1 is 1.57 bits per heavy atom. The van der Waals surface area contributed by atoms with Gasteiger partial charge in [0.2, 0.25) is 0 Å². The second-order valence-corrected chi connectivity index (χ2v) is 5.14. The molecule has 0 aliphatic carbocycles. The highest BCUT2D eigenvalue weighted by Crippen LogP contribution is 2.18. The van der Waals surface area contributed by atoms with Crippen LogP contribution in [0.5, 0.6) is 0 Å². The summed E-state index contributed by atoms with van der Waals surface area (Å²) in [5.74, 6) is 5.71. The van der Waals surface area contributed by atoms with Crippen molar-refractivity contribution in [3.8, 4) is 11.8 Å². The molecule has 1 aliphatic rings. The third-order valence-electron chi connectivity index (χ3n) is 3.51.